The second kappa shape index (κ2) is 24.3. The molecule has 69 heavy (non-hydrogen) atoms. The van der Waals surface area contributed by atoms with Gasteiger partial charge in [-0.1, -0.05) is 22.4 Å². The Kier molecular flexibility index (Phi) is 19.7. The minimum atomic E-state index is -2.47. The van der Waals surface area contributed by atoms with Crippen LogP contribution in [0.3, 0.4) is 0 Å². The highest BCUT2D eigenvalue weighted by Gasteiger charge is 2.50. The van der Waals surface area contributed by atoms with Gasteiger partial charge in [0.25, 0.3) is 12.3 Å². The number of amides is 7. The van der Waals surface area contributed by atoms with Crippen molar-refractivity contribution < 1.29 is 98.0 Å². The summed E-state index contributed by atoms with van der Waals surface area (Å²) in [6.45, 7) is 11.9. The SMILES string of the molecule is [C-]#[N+]C[C@@H](O)[C@@H]1NC(=O)C([C@H](O)[C@@H](O)c2ccc(O)c(OSOOO)c2)NC(=O)C2CC(O)CN2C(=O)C(C(C)O)NC(=O)[C@@H](NC(=O)OC(C)(C)C)C[C@H](O)CNC(=O)C2[C@@H](O)C(C)CN2C1=O. The van der Waals surface area contributed by atoms with Crippen LogP contribution in [0.2, 0.25) is 0 Å². The summed E-state index contributed by atoms with van der Waals surface area (Å²) in [4.78, 5) is 103. The molecule has 3 aliphatic rings. The molecular formula is C40H58N8O20S. The van der Waals surface area contributed by atoms with E-state index < -0.39 is 183 Å². The molecular weight excluding hydrogens is 945 g/mol. The lowest BCUT2D eigenvalue weighted by atomic mass is 9.96. The third-order valence-electron chi connectivity index (χ3n) is 11.2. The van der Waals surface area contributed by atoms with Gasteiger partial charge in [-0.25, -0.2) is 16.6 Å². The standard InChI is InChI=1S/C40H58N8O20S/c1-16-14-48-29(30(16)54)36(60)42-12-19(50)10-21(43-39(63)65-40(3,4)5)33(57)44-26(17(2)49)37(61)47-15-20(51)11-22(47)34(58)46-28(35(59)45-27(38(48)62)24(53)13-41-6)32(56)31(55)18-7-8-23(52)25(9-18)66-69-68-67-64/h7-9,16-17,19-22,24,26-32,49-56,64H,10-15H2,1-5H3,(H,42,60)(H,43,63)(H,44,57)(H,45,59)(H,46,58)/t16?,17?,19-,20?,21-,22?,24+,26?,27-,28?,29?,30-,31-,32-/m0/s1. The van der Waals surface area contributed by atoms with Crippen LogP contribution in [0, 0.1) is 12.5 Å². The molecule has 0 aromatic heterocycles. The number of aromatic hydroxyl groups is 1. The van der Waals surface area contributed by atoms with Gasteiger partial charge in [0.15, 0.2) is 17.6 Å². The number of phenolic OH excluding ortho intramolecular Hbond substituents is 1. The van der Waals surface area contributed by atoms with Crippen LogP contribution in [0.4, 0.5) is 4.79 Å². The van der Waals surface area contributed by atoms with Gasteiger partial charge in [-0.3, -0.25) is 28.8 Å². The number of nitrogens with one attached hydrogen (secondary N) is 5. The average molecular weight is 1000 g/mol. The Morgan fingerprint density at radius 1 is 0.899 bits per heavy atom. The zero-order chi connectivity index (χ0) is 51.7. The van der Waals surface area contributed by atoms with Gasteiger partial charge in [-0.15, -0.1) is 0 Å². The summed E-state index contributed by atoms with van der Waals surface area (Å²) >= 11 is -0.0112. The maximum atomic E-state index is 14.4. The van der Waals surface area contributed by atoms with E-state index in [0.717, 1.165) is 34.9 Å². The van der Waals surface area contributed by atoms with E-state index in [1.54, 1.807) is 0 Å². The normalized spacial score (nSPS) is 29.6. The molecule has 14 atom stereocenters. The summed E-state index contributed by atoms with van der Waals surface area (Å²) in [5.74, 6) is -9.49. The van der Waals surface area contributed by atoms with Gasteiger partial charge in [0, 0.05) is 38.4 Å². The number of nitrogens with zero attached hydrogens (tertiary/aromatic N) is 3. The number of fused-ring (bicyclic) bond motifs is 2. The summed E-state index contributed by atoms with van der Waals surface area (Å²) in [6, 6.07) is -8.92. The molecule has 29 heteroatoms. The topological polar surface area (TPSA) is 409 Å². The van der Waals surface area contributed by atoms with Crippen LogP contribution in [0.1, 0.15) is 59.1 Å². The van der Waals surface area contributed by atoms with Crippen molar-refractivity contribution in [3.8, 4) is 11.5 Å². The Bertz CT molecular complexity index is 2070. The van der Waals surface area contributed by atoms with Gasteiger partial charge >= 0.3 is 6.09 Å². The van der Waals surface area contributed by atoms with Gasteiger partial charge in [0.2, 0.25) is 42.0 Å². The molecule has 0 bridgehead atoms. The number of aliphatic hydroxyl groups excluding tert-OH is 7. The highest BCUT2D eigenvalue weighted by atomic mass is 32.2. The van der Waals surface area contributed by atoms with Crippen LogP contribution in [0.5, 0.6) is 11.5 Å². The van der Waals surface area contributed by atoms with Gasteiger partial charge in [0.05, 0.1) is 24.4 Å². The summed E-state index contributed by atoms with van der Waals surface area (Å²) < 4.78 is 14.4. The fourth-order valence-electron chi connectivity index (χ4n) is 7.76. The number of phenols is 1. The molecule has 3 heterocycles. The largest absolute Gasteiger partial charge is 0.504 e. The number of carbonyl (C=O) groups is 7. The molecule has 0 saturated carbocycles. The van der Waals surface area contributed by atoms with Crippen molar-refractivity contribution in [2.45, 2.75) is 132 Å². The first kappa shape index (κ1) is 55.9. The Balaban J connectivity index is 1.86. The van der Waals surface area contributed by atoms with Crippen LogP contribution in [-0.2, 0) is 42.9 Å². The zero-order valence-electron chi connectivity index (χ0n) is 37.8. The summed E-state index contributed by atoms with van der Waals surface area (Å²) in [7, 11) is 0. The third-order valence-corrected chi connectivity index (χ3v) is 11.6. The van der Waals surface area contributed by atoms with E-state index in [2.05, 4.69) is 40.8 Å². The molecule has 0 aliphatic carbocycles. The first-order chi connectivity index (χ1) is 32.3. The molecule has 28 nitrogen and oxygen atoms in total. The summed E-state index contributed by atoms with van der Waals surface area (Å²) in [5.41, 5.74) is -1.42. The summed E-state index contributed by atoms with van der Waals surface area (Å²) in [5, 5.41) is 112. The Hall–Kier alpha value is -5.65. The van der Waals surface area contributed by atoms with E-state index >= 15 is 0 Å². The lowest BCUT2D eigenvalue weighted by Gasteiger charge is -2.34. The molecule has 3 fully saturated rings. The van der Waals surface area contributed by atoms with Crippen molar-refractivity contribution in [3.05, 3.63) is 35.2 Å². The first-order valence-electron chi connectivity index (χ1n) is 21.3. The number of carbonyl (C=O) groups excluding carboxylic acids is 7. The number of alkyl carbamates (subject to hydrolysis) is 1. The van der Waals surface area contributed by atoms with Gasteiger partial charge < -0.3 is 91.0 Å². The molecule has 3 saturated heterocycles. The van der Waals surface area contributed by atoms with Gasteiger partial charge in [0.1, 0.15) is 54.1 Å². The number of ether oxygens (including phenoxy) is 1. The second-order valence-corrected chi connectivity index (χ2v) is 18.1. The molecule has 1 aromatic rings. The number of aliphatic hydroxyl groups is 7. The molecule has 0 spiro atoms. The molecule has 14 N–H and O–H groups in total. The van der Waals surface area contributed by atoms with E-state index in [0.29, 0.717) is 0 Å². The second-order valence-electron chi connectivity index (χ2n) is 17.7. The van der Waals surface area contributed by atoms with Crippen molar-refractivity contribution in [2.24, 2.45) is 5.92 Å². The minimum Gasteiger partial charge on any atom is -0.504 e. The van der Waals surface area contributed by atoms with Crippen LogP contribution in [0.15, 0.2) is 18.2 Å². The highest BCUT2D eigenvalue weighted by molar-refractivity contribution is 7.90. The fraction of sp³-hybridized carbons (Fsp3) is 0.650. The molecule has 7 unspecified atom stereocenters. The predicted octanol–water partition coefficient (Wildman–Crippen LogP) is -4.79. The number of hydrogen-bond acceptors (Lipinski definition) is 21. The van der Waals surface area contributed by atoms with Crippen molar-refractivity contribution in [2.75, 3.05) is 26.2 Å². The fourth-order valence-corrected chi connectivity index (χ4v) is 8.02. The van der Waals surface area contributed by atoms with E-state index in [4.69, 9.17) is 20.7 Å². The zero-order valence-corrected chi connectivity index (χ0v) is 38.6. The minimum absolute atomic E-state index is 0.0112. The van der Waals surface area contributed by atoms with E-state index in [9.17, 15) is 74.4 Å². The average Bonchev–Trinajstić information content (AvgIpc) is 3.81. The van der Waals surface area contributed by atoms with Gasteiger partial charge in [-0.05, 0) is 45.4 Å². The maximum absolute atomic E-state index is 14.4. The number of rotatable bonds is 11. The Labute approximate surface area is 398 Å². The van der Waals surface area contributed by atoms with Crippen LogP contribution < -0.4 is 30.8 Å². The molecule has 7 amide bonds. The highest BCUT2D eigenvalue weighted by Crippen LogP contribution is 2.34. The number of hydrogen-bond donors (Lipinski definition) is 14. The lowest BCUT2D eigenvalue weighted by molar-refractivity contribution is -0.433. The Morgan fingerprint density at radius 2 is 1.54 bits per heavy atom. The smallest absolute Gasteiger partial charge is 0.408 e. The van der Waals surface area contributed by atoms with E-state index in [1.807, 2.05) is 0 Å². The van der Waals surface area contributed by atoms with Crippen molar-refractivity contribution in [3.63, 3.8) is 0 Å². The van der Waals surface area contributed by atoms with Crippen molar-refractivity contribution in [1.29, 1.82) is 0 Å². The van der Waals surface area contributed by atoms with E-state index in [-0.39, 0.29) is 17.9 Å². The quantitative estimate of drug-likeness (QED) is 0.0325. The van der Waals surface area contributed by atoms with E-state index in [1.165, 1.54) is 27.7 Å². The van der Waals surface area contributed by atoms with Crippen LogP contribution in [0.25, 0.3) is 4.85 Å². The molecule has 4 rings (SSSR count). The van der Waals surface area contributed by atoms with Gasteiger partial charge in [-0.2, -0.15) is 0 Å². The molecule has 0 radical (unpaired) electrons. The molecule has 3 aliphatic heterocycles. The lowest BCUT2D eigenvalue weighted by Crippen LogP contribution is -2.64. The monoisotopic (exact) mass is 1000 g/mol. The first-order valence-corrected chi connectivity index (χ1v) is 22.0. The summed E-state index contributed by atoms with van der Waals surface area (Å²) in [6.07, 6.45) is -15.7. The maximum Gasteiger partial charge on any atom is 0.408 e. The predicted molar refractivity (Wildman–Crippen MR) is 231 cm³/mol. The molecule has 384 valence electrons. The molecule has 1 aromatic carbocycles. The van der Waals surface area contributed by atoms with Crippen LogP contribution in [-0.4, -0.2) is 202 Å². The van der Waals surface area contributed by atoms with Crippen LogP contribution >= 0.6 is 12.3 Å². The Morgan fingerprint density at radius 3 is 2.16 bits per heavy atom. The third kappa shape index (κ3) is 14.5. The number of benzene rings is 1. The van der Waals surface area contributed by atoms with Crippen molar-refractivity contribution >= 4 is 53.9 Å². The number of β-amino-alcohol motifs (C(OH)–C–C–N with tert-alkyl or cyclic N) is 1. The van der Waals surface area contributed by atoms with Crippen molar-refractivity contribution in [1.82, 2.24) is 36.4 Å².